The first-order chi connectivity index (χ1) is 14.2. The van der Waals surface area contributed by atoms with Gasteiger partial charge in [0, 0.05) is 23.5 Å². The van der Waals surface area contributed by atoms with Crippen LogP contribution in [0.3, 0.4) is 0 Å². The molecule has 3 aromatic rings. The van der Waals surface area contributed by atoms with E-state index in [1.807, 2.05) is 0 Å². The van der Waals surface area contributed by atoms with Gasteiger partial charge in [-0.2, -0.15) is 4.98 Å². The summed E-state index contributed by atoms with van der Waals surface area (Å²) in [5.41, 5.74) is 1.05. The Labute approximate surface area is 177 Å². The lowest BCUT2D eigenvalue weighted by Crippen LogP contribution is -2.33. The van der Waals surface area contributed by atoms with E-state index in [9.17, 15) is 17.6 Å². The third-order valence-electron chi connectivity index (χ3n) is 4.03. The number of anilines is 1. The Kier molecular flexibility index (Phi) is 6.68. The monoisotopic (exact) mass is 452 g/mol. The molecule has 0 fully saturated rings. The van der Waals surface area contributed by atoms with Crippen molar-refractivity contribution < 1.29 is 22.1 Å². The van der Waals surface area contributed by atoms with Gasteiger partial charge in [0.1, 0.15) is 11.6 Å². The molecule has 2 N–H and O–H groups in total. The zero-order valence-corrected chi connectivity index (χ0v) is 17.4. The Morgan fingerprint density at radius 2 is 1.90 bits per heavy atom. The molecule has 3 rings (SSSR count). The normalized spacial score (nSPS) is 12.4. The summed E-state index contributed by atoms with van der Waals surface area (Å²) in [5.74, 6) is -1.27. The van der Waals surface area contributed by atoms with Gasteiger partial charge in [-0.15, -0.1) is 0 Å². The van der Waals surface area contributed by atoms with Crippen molar-refractivity contribution >= 4 is 33.2 Å². The predicted molar refractivity (Wildman–Crippen MR) is 110 cm³/mol. The number of urea groups is 1. The Morgan fingerprint density at radius 1 is 1.20 bits per heavy atom. The molecule has 0 aliphatic carbocycles. The SMILES string of the molecule is CS(=O)(=O)Cc1nc([C@H](CNC(=O)Nc2ccc(F)cc2)c2ccccc2Cl)no1. The van der Waals surface area contributed by atoms with Crippen molar-refractivity contribution in [1.82, 2.24) is 15.5 Å². The van der Waals surface area contributed by atoms with Crippen LogP contribution in [0.15, 0.2) is 53.1 Å². The minimum absolute atomic E-state index is 0.0502. The van der Waals surface area contributed by atoms with Gasteiger partial charge in [0.25, 0.3) is 0 Å². The Bertz CT molecular complexity index is 1140. The molecule has 1 atom stereocenters. The van der Waals surface area contributed by atoms with E-state index >= 15 is 0 Å². The standard InChI is InChI=1S/C19H18ClFN4O4S/c1-30(27,28)11-17-24-18(25-29-17)15(14-4-2-3-5-16(14)20)10-22-19(26)23-13-8-6-12(21)7-9-13/h2-9,15H,10-11H2,1H3,(H2,22,23,26)/t15-/m1/s1. The second-order valence-corrected chi connectivity index (χ2v) is 9.08. The number of aromatic nitrogens is 2. The van der Waals surface area contributed by atoms with Gasteiger partial charge in [0.2, 0.25) is 5.89 Å². The van der Waals surface area contributed by atoms with Crippen molar-refractivity contribution in [2.24, 2.45) is 0 Å². The molecule has 0 spiro atoms. The highest BCUT2D eigenvalue weighted by Gasteiger charge is 2.24. The maximum absolute atomic E-state index is 13.0. The Morgan fingerprint density at radius 3 is 2.57 bits per heavy atom. The van der Waals surface area contributed by atoms with Crippen LogP contribution in [-0.2, 0) is 15.6 Å². The van der Waals surface area contributed by atoms with Crippen molar-refractivity contribution in [3.63, 3.8) is 0 Å². The fraction of sp³-hybridized carbons (Fsp3) is 0.211. The molecule has 1 heterocycles. The minimum Gasteiger partial charge on any atom is -0.338 e. The molecule has 0 bridgehead atoms. The molecule has 0 aliphatic rings. The molecule has 0 radical (unpaired) electrons. The van der Waals surface area contributed by atoms with Gasteiger partial charge in [-0.3, -0.25) is 0 Å². The summed E-state index contributed by atoms with van der Waals surface area (Å²) in [4.78, 5) is 16.4. The number of carbonyl (C=O) groups excluding carboxylic acids is 1. The molecular weight excluding hydrogens is 435 g/mol. The van der Waals surface area contributed by atoms with E-state index < -0.39 is 33.4 Å². The smallest absolute Gasteiger partial charge is 0.319 e. The maximum atomic E-state index is 13.0. The summed E-state index contributed by atoms with van der Waals surface area (Å²) in [6.07, 6.45) is 1.06. The molecule has 30 heavy (non-hydrogen) atoms. The Hall–Kier alpha value is -2.98. The number of amides is 2. The number of nitrogens with zero attached hydrogens (tertiary/aromatic N) is 2. The van der Waals surface area contributed by atoms with E-state index in [1.54, 1.807) is 24.3 Å². The third kappa shape index (κ3) is 6.01. The molecule has 11 heteroatoms. The molecule has 8 nitrogen and oxygen atoms in total. The second kappa shape index (κ2) is 9.23. The second-order valence-electron chi connectivity index (χ2n) is 6.53. The summed E-state index contributed by atoms with van der Waals surface area (Å²) >= 11 is 6.30. The van der Waals surface area contributed by atoms with Crippen LogP contribution in [-0.4, -0.2) is 37.4 Å². The lowest BCUT2D eigenvalue weighted by molar-refractivity contribution is 0.251. The average Bonchev–Trinajstić information content (AvgIpc) is 3.11. The maximum Gasteiger partial charge on any atom is 0.319 e. The van der Waals surface area contributed by atoms with Crippen LogP contribution >= 0.6 is 11.6 Å². The van der Waals surface area contributed by atoms with Gasteiger partial charge >= 0.3 is 6.03 Å². The minimum atomic E-state index is -3.35. The summed E-state index contributed by atoms with van der Waals surface area (Å²) in [7, 11) is -3.35. The van der Waals surface area contributed by atoms with Crippen LogP contribution in [0.1, 0.15) is 23.2 Å². The van der Waals surface area contributed by atoms with Crippen LogP contribution in [0.25, 0.3) is 0 Å². The van der Waals surface area contributed by atoms with Crippen molar-refractivity contribution in [3.05, 3.63) is 76.6 Å². The van der Waals surface area contributed by atoms with E-state index in [-0.39, 0.29) is 18.3 Å². The lowest BCUT2D eigenvalue weighted by atomic mass is 9.98. The summed E-state index contributed by atoms with van der Waals surface area (Å²) < 4.78 is 41.0. The zero-order chi connectivity index (χ0) is 21.7. The number of rotatable bonds is 7. The fourth-order valence-corrected chi connectivity index (χ4v) is 3.53. The molecule has 0 saturated heterocycles. The number of nitrogens with one attached hydrogen (secondary N) is 2. The number of halogens is 2. The first kappa shape index (κ1) is 21.7. The van der Waals surface area contributed by atoms with E-state index in [0.717, 1.165) is 6.26 Å². The molecule has 2 amide bonds. The van der Waals surface area contributed by atoms with E-state index in [2.05, 4.69) is 20.8 Å². The summed E-state index contributed by atoms with van der Waals surface area (Å²) in [6.45, 7) is 0.0502. The van der Waals surface area contributed by atoms with Crippen LogP contribution in [0, 0.1) is 5.82 Å². The fourth-order valence-electron chi connectivity index (χ4n) is 2.69. The molecule has 1 aromatic heterocycles. The largest absolute Gasteiger partial charge is 0.338 e. The molecule has 0 saturated carbocycles. The van der Waals surface area contributed by atoms with Gasteiger partial charge in [-0.05, 0) is 35.9 Å². The van der Waals surface area contributed by atoms with Crippen LogP contribution in [0.4, 0.5) is 14.9 Å². The van der Waals surface area contributed by atoms with E-state index in [0.29, 0.717) is 16.3 Å². The zero-order valence-electron chi connectivity index (χ0n) is 15.8. The van der Waals surface area contributed by atoms with Crippen molar-refractivity contribution in [1.29, 1.82) is 0 Å². The van der Waals surface area contributed by atoms with Crippen molar-refractivity contribution in [3.8, 4) is 0 Å². The lowest BCUT2D eigenvalue weighted by Gasteiger charge is -2.16. The van der Waals surface area contributed by atoms with Crippen LogP contribution in [0.5, 0.6) is 0 Å². The van der Waals surface area contributed by atoms with Crippen LogP contribution < -0.4 is 10.6 Å². The molecule has 158 valence electrons. The number of hydrogen-bond donors (Lipinski definition) is 2. The van der Waals surface area contributed by atoms with Gasteiger partial charge in [-0.25, -0.2) is 17.6 Å². The number of sulfone groups is 1. The van der Waals surface area contributed by atoms with Gasteiger partial charge in [-0.1, -0.05) is 35.0 Å². The molecule has 0 unspecified atom stereocenters. The predicted octanol–water partition coefficient (Wildman–Crippen LogP) is 3.36. The van der Waals surface area contributed by atoms with E-state index in [4.69, 9.17) is 16.1 Å². The first-order valence-electron chi connectivity index (χ1n) is 8.76. The van der Waals surface area contributed by atoms with E-state index in [1.165, 1.54) is 24.3 Å². The van der Waals surface area contributed by atoms with Gasteiger partial charge < -0.3 is 15.2 Å². The number of carbonyl (C=O) groups is 1. The average molecular weight is 453 g/mol. The molecule has 0 aliphatic heterocycles. The summed E-state index contributed by atoms with van der Waals surface area (Å²) in [6, 6.07) is 11.7. The number of hydrogen-bond acceptors (Lipinski definition) is 6. The highest BCUT2D eigenvalue weighted by Crippen LogP contribution is 2.28. The summed E-state index contributed by atoms with van der Waals surface area (Å²) in [5, 5.41) is 9.57. The highest BCUT2D eigenvalue weighted by molar-refractivity contribution is 7.89. The van der Waals surface area contributed by atoms with Gasteiger partial charge in [0.15, 0.2) is 15.7 Å². The molecular formula is C19H18ClFN4O4S. The third-order valence-corrected chi connectivity index (χ3v) is 5.15. The van der Waals surface area contributed by atoms with Gasteiger partial charge in [0.05, 0.1) is 5.92 Å². The van der Waals surface area contributed by atoms with Crippen molar-refractivity contribution in [2.75, 3.05) is 18.1 Å². The first-order valence-corrected chi connectivity index (χ1v) is 11.2. The van der Waals surface area contributed by atoms with Crippen LogP contribution in [0.2, 0.25) is 5.02 Å². The highest BCUT2D eigenvalue weighted by atomic mass is 35.5. The topological polar surface area (TPSA) is 114 Å². The quantitative estimate of drug-likeness (QED) is 0.568. The Balaban J connectivity index is 1.78. The molecule has 2 aromatic carbocycles. The number of benzene rings is 2. The van der Waals surface area contributed by atoms with Crippen molar-refractivity contribution in [2.45, 2.75) is 11.7 Å².